The monoisotopic (exact) mass is 312 g/mol. The molecule has 0 radical (unpaired) electrons. The Morgan fingerprint density at radius 3 is 2.38 bits per heavy atom. The normalized spacial score (nSPS) is 36.7. The Morgan fingerprint density at radius 1 is 1.00 bits per heavy atom. The van der Waals surface area contributed by atoms with Crippen LogP contribution in [0, 0.1) is 17.3 Å². The summed E-state index contributed by atoms with van der Waals surface area (Å²) in [4.78, 5) is 0. The van der Waals surface area contributed by atoms with Crippen LogP contribution in [0.4, 0.5) is 0 Å². The molecule has 0 aliphatic heterocycles. The van der Waals surface area contributed by atoms with E-state index in [1.165, 1.54) is 77.0 Å². The van der Waals surface area contributed by atoms with Crippen molar-refractivity contribution in [2.45, 2.75) is 110 Å². The van der Waals surface area contributed by atoms with Crippen LogP contribution in [0.3, 0.4) is 0 Å². The third-order valence-electron chi connectivity index (χ3n) is 5.86. The lowest BCUT2D eigenvalue weighted by Crippen LogP contribution is -2.21. The molecule has 126 valence electrons. The molecule has 0 aromatic carbocycles. The van der Waals surface area contributed by atoms with Gasteiger partial charge < -0.3 is 0 Å². The van der Waals surface area contributed by atoms with Crippen LogP contribution in [0.5, 0.6) is 0 Å². The van der Waals surface area contributed by atoms with Gasteiger partial charge in [-0.05, 0) is 49.4 Å². The summed E-state index contributed by atoms with van der Waals surface area (Å²) >= 11 is 4.95. The first-order chi connectivity index (χ1) is 10.0. The zero-order valence-corrected chi connectivity index (χ0v) is 16.1. The molecule has 4 atom stereocenters. The second kappa shape index (κ2) is 10.2. The van der Waals surface area contributed by atoms with E-state index < -0.39 is 0 Å². The highest BCUT2D eigenvalue weighted by Crippen LogP contribution is 2.38. The van der Waals surface area contributed by atoms with Crippen molar-refractivity contribution in [3.63, 3.8) is 0 Å². The zero-order chi connectivity index (χ0) is 15.7. The molecule has 0 saturated heterocycles. The van der Waals surface area contributed by atoms with Crippen LogP contribution in [-0.4, -0.2) is 5.25 Å². The van der Waals surface area contributed by atoms with Gasteiger partial charge in [0.15, 0.2) is 0 Å². The molecule has 0 aromatic heterocycles. The highest BCUT2D eigenvalue weighted by atomic mass is 32.1. The molecule has 1 rings (SSSR count). The van der Waals surface area contributed by atoms with E-state index in [-0.39, 0.29) is 0 Å². The Bertz CT molecular complexity index is 263. The Labute approximate surface area is 140 Å². The summed E-state index contributed by atoms with van der Waals surface area (Å²) in [5, 5.41) is 0.624. The van der Waals surface area contributed by atoms with E-state index in [2.05, 4.69) is 27.7 Å². The van der Waals surface area contributed by atoms with Gasteiger partial charge in [-0.25, -0.2) is 0 Å². The van der Waals surface area contributed by atoms with Crippen LogP contribution in [0.1, 0.15) is 105 Å². The Kier molecular flexibility index (Phi) is 9.41. The largest absolute Gasteiger partial charge is 0.176 e. The number of thiol groups is 1. The standard InChI is InChI=1S/C20H40S/c1-5-10-18-12-7-8-14-20(4,13-6-2)15-9-11-17(3)19(21)16-18/h17-19,21H,5-16H2,1-4H3. The smallest absolute Gasteiger partial charge is 0.00450 e. The highest BCUT2D eigenvalue weighted by molar-refractivity contribution is 7.81. The number of hydrogen-bond acceptors (Lipinski definition) is 1. The Hall–Kier alpha value is 0.350. The fraction of sp³-hybridized carbons (Fsp3) is 1.00. The van der Waals surface area contributed by atoms with Crippen molar-refractivity contribution in [2.24, 2.45) is 17.3 Å². The van der Waals surface area contributed by atoms with Gasteiger partial charge in [-0.15, -0.1) is 0 Å². The van der Waals surface area contributed by atoms with Crippen LogP contribution >= 0.6 is 12.6 Å². The second-order valence-corrected chi connectivity index (χ2v) is 8.80. The average molecular weight is 313 g/mol. The summed E-state index contributed by atoms with van der Waals surface area (Å²) in [5.41, 5.74) is 0.611. The van der Waals surface area contributed by atoms with Crippen molar-refractivity contribution in [1.82, 2.24) is 0 Å². The van der Waals surface area contributed by atoms with Gasteiger partial charge in [0.2, 0.25) is 0 Å². The number of rotatable bonds is 4. The van der Waals surface area contributed by atoms with Gasteiger partial charge in [0, 0.05) is 5.25 Å². The third kappa shape index (κ3) is 7.44. The van der Waals surface area contributed by atoms with E-state index in [1.807, 2.05) is 0 Å². The van der Waals surface area contributed by atoms with E-state index in [0.29, 0.717) is 10.7 Å². The first-order valence-corrected chi connectivity index (χ1v) is 10.2. The van der Waals surface area contributed by atoms with Gasteiger partial charge in [0.25, 0.3) is 0 Å². The van der Waals surface area contributed by atoms with Gasteiger partial charge in [-0.2, -0.15) is 12.6 Å². The van der Waals surface area contributed by atoms with Gasteiger partial charge in [0.05, 0.1) is 0 Å². The summed E-state index contributed by atoms with van der Waals surface area (Å²) in [6.45, 7) is 9.68. The molecule has 4 unspecified atom stereocenters. The molecule has 1 heteroatoms. The number of hydrogen-bond donors (Lipinski definition) is 1. The van der Waals surface area contributed by atoms with Crippen LogP contribution in [-0.2, 0) is 0 Å². The summed E-state index contributed by atoms with van der Waals surface area (Å²) in [7, 11) is 0. The van der Waals surface area contributed by atoms with Gasteiger partial charge >= 0.3 is 0 Å². The molecular weight excluding hydrogens is 272 g/mol. The molecule has 1 aliphatic carbocycles. The topological polar surface area (TPSA) is 0 Å². The third-order valence-corrected chi connectivity index (χ3v) is 6.58. The van der Waals surface area contributed by atoms with E-state index in [9.17, 15) is 0 Å². The Morgan fingerprint density at radius 2 is 1.71 bits per heavy atom. The van der Waals surface area contributed by atoms with Crippen LogP contribution in [0.15, 0.2) is 0 Å². The lowest BCUT2D eigenvalue weighted by molar-refractivity contribution is 0.215. The van der Waals surface area contributed by atoms with Crippen molar-refractivity contribution in [3.8, 4) is 0 Å². The maximum absolute atomic E-state index is 4.95. The van der Waals surface area contributed by atoms with Crippen molar-refractivity contribution >= 4 is 12.6 Å². The van der Waals surface area contributed by atoms with Gasteiger partial charge in [0.1, 0.15) is 0 Å². The molecule has 1 aliphatic rings. The first-order valence-electron chi connectivity index (χ1n) is 9.68. The van der Waals surface area contributed by atoms with E-state index in [4.69, 9.17) is 12.6 Å². The fourth-order valence-electron chi connectivity index (χ4n) is 4.37. The van der Waals surface area contributed by atoms with E-state index >= 15 is 0 Å². The summed E-state index contributed by atoms with van der Waals surface area (Å²) in [6, 6.07) is 0. The quantitative estimate of drug-likeness (QED) is 0.518. The summed E-state index contributed by atoms with van der Waals surface area (Å²) in [5.74, 6) is 1.72. The molecule has 0 bridgehead atoms. The van der Waals surface area contributed by atoms with Crippen LogP contribution < -0.4 is 0 Å². The fourth-order valence-corrected chi connectivity index (χ4v) is 4.82. The molecule has 21 heavy (non-hydrogen) atoms. The van der Waals surface area contributed by atoms with Crippen molar-refractivity contribution < 1.29 is 0 Å². The minimum atomic E-state index is 0.611. The minimum absolute atomic E-state index is 0.611. The SMILES string of the molecule is CCCC1CCCCC(C)(CCC)CCCC(C)C(S)C1. The van der Waals surface area contributed by atoms with Crippen LogP contribution in [0.2, 0.25) is 0 Å². The minimum Gasteiger partial charge on any atom is -0.176 e. The lowest BCUT2D eigenvalue weighted by atomic mass is 9.75. The van der Waals surface area contributed by atoms with Crippen molar-refractivity contribution in [1.29, 1.82) is 0 Å². The molecular formula is C20H40S. The zero-order valence-electron chi connectivity index (χ0n) is 15.2. The molecule has 0 spiro atoms. The van der Waals surface area contributed by atoms with Gasteiger partial charge in [-0.3, -0.25) is 0 Å². The van der Waals surface area contributed by atoms with Crippen molar-refractivity contribution in [3.05, 3.63) is 0 Å². The lowest BCUT2D eigenvalue weighted by Gasteiger charge is -2.32. The second-order valence-electron chi connectivity index (χ2n) is 8.13. The Balaban J connectivity index is 2.63. The molecule has 1 saturated carbocycles. The molecule has 0 aromatic rings. The predicted molar refractivity (Wildman–Crippen MR) is 100 cm³/mol. The summed E-state index contributed by atoms with van der Waals surface area (Å²) < 4.78 is 0. The molecule has 0 heterocycles. The summed E-state index contributed by atoms with van der Waals surface area (Å²) in [6.07, 6.45) is 16.9. The maximum Gasteiger partial charge on any atom is 0.00450 e. The predicted octanol–water partition coefficient (Wildman–Crippen LogP) is 7.28. The van der Waals surface area contributed by atoms with E-state index in [1.54, 1.807) is 0 Å². The highest BCUT2D eigenvalue weighted by Gasteiger charge is 2.25. The first kappa shape index (κ1) is 19.4. The molecule has 0 N–H and O–H groups in total. The molecule has 1 fully saturated rings. The van der Waals surface area contributed by atoms with E-state index in [0.717, 1.165) is 11.8 Å². The average Bonchev–Trinajstić information content (AvgIpc) is 2.42. The van der Waals surface area contributed by atoms with Crippen LogP contribution in [0.25, 0.3) is 0 Å². The maximum atomic E-state index is 4.95. The molecule has 0 nitrogen and oxygen atoms in total. The van der Waals surface area contributed by atoms with Crippen molar-refractivity contribution in [2.75, 3.05) is 0 Å². The van der Waals surface area contributed by atoms with Gasteiger partial charge in [-0.1, -0.05) is 72.6 Å². The molecule has 0 amide bonds.